The number of rotatable bonds is 5. The summed E-state index contributed by atoms with van der Waals surface area (Å²) in [4.78, 5) is 12.3. The van der Waals surface area contributed by atoms with Gasteiger partial charge in [0, 0.05) is 13.1 Å². The van der Waals surface area contributed by atoms with E-state index < -0.39 is 0 Å². The third-order valence-corrected chi connectivity index (χ3v) is 3.74. The predicted octanol–water partition coefficient (Wildman–Crippen LogP) is 2.13. The highest BCUT2D eigenvalue weighted by molar-refractivity contribution is 9.10. The molecule has 0 aliphatic rings. The van der Waals surface area contributed by atoms with Crippen LogP contribution in [0.3, 0.4) is 0 Å². The molecule has 0 saturated heterocycles. The number of aromatic nitrogens is 2. The van der Waals surface area contributed by atoms with E-state index in [1.54, 1.807) is 36.2 Å². The van der Waals surface area contributed by atoms with Gasteiger partial charge >= 0.3 is 0 Å². The zero-order valence-electron chi connectivity index (χ0n) is 12.0. The molecule has 112 valence electrons. The lowest BCUT2D eigenvalue weighted by Crippen LogP contribution is -2.24. The summed E-state index contributed by atoms with van der Waals surface area (Å²) in [5, 5.41) is 6.95. The third kappa shape index (κ3) is 3.36. The molecule has 0 atom stereocenters. The first kappa shape index (κ1) is 15.4. The smallest absolute Gasteiger partial charge is 0.255 e. The van der Waals surface area contributed by atoms with E-state index in [1.165, 1.54) is 7.11 Å². The van der Waals surface area contributed by atoms with Crippen LogP contribution in [0.4, 0.5) is 0 Å². The van der Waals surface area contributed by atoms with Gasteiger partial charge in [0.1, 0.15) is 11.5 Å². The Morgan fingerprint density at radius 1 is 1.38 bits per heavy atom. The molecule has 0 aliphatic carbocycles. The van der Waals surface area contributed by atoms with E-state index in [9.17, 15) is 4.79 Å². The first-order valence-corrected chi connectivity index (χ1v) is 7.02. The summed E-state index contributed by atoms with van der Waals surface area (Å²) in [5.41, 5.74) is 1.34. The molecule has 2 rings (SSSR count). The average molecular weight is 354 g/mol. The molecular weight excluding hydrogens is 338 g/mol. The molecule has 0 fully saturated rings. The van der Waals surface area contributed by atoms with Gasteiger partial charge in [-0.05, 0) is 28.1 Å². The molecule has 0 unspecified atom stereocenters. The molecule has 6 nitrogen and oxygen atoms in total. The molecule has 0 saturated carbocycles. The number of hydrogen-bond acceptors (Lipinski definition) is 4. The Morgan fingerprint density at radius 3 is 2.71 bits per heavy atom. The van der Waals surface area contributed by atoms with E-state index in [0.29, 0.717) is 23.6 Å². The summed E-state index contributed by atoms with van der Waals surface area (Å²) in [7, 11) is 4.90. The second-order valence-electron chi connectivity index (χ2n) is 4.31. The van der Waals surface area contributed by atoms with Crippen molar-refractivity contribution in [1.29, 1.82) is 0 Å². The molecule has 1 aromatic heterocycles. The van der Waals surface area contributed by atoms with Crippen molar-refractivity contribution in [3.8, 4) is 11.5 Å². The molecule has 0 radical (unpaired) electrons. The van der Waals surface area contributed by atoms with Crippen LogP contribution in [0.25, 0.3) is 0 Å². The molecule has 1 amide bonds. The number of nitrogens with zero attached hydrogens (tertiary/aromatic N) is 2. The Morgan fingerprint density at radius 2 is 2.14 bits per heavy atom. The third-order valence-electron chi connectivity index (χ3n) is 3.08. The number of hydrogen-bond donors (Lipinski definition) is 1. The summed E-state index contributed by atoms with van der Waals surface area (Å²) < 4.78 is 12.9. The SMILES string of the molecule is COc1ccc(C(=O)NCc2c(Br)cnn2C)c(OC)c1. The number of benzene rings is 1. The van der Waals surface area contributed by atoms with Gasteiger partial charge in [-0.3, -0.25) is 9.48 Å². The number of halogens is 1. The number of methoxy groups -OCH3 is 2. The molecule has 1 aromatic carbocycles. The van der Waals surface area contributed by atoms with E-state index in [-0.39, 0.29) is 5.91 Å². The van der Waals surface area contributed by atoms with Crippen LogP contribution in [0.15, 0.2) is 28.9 Å². The van der Waals surface area contributed by atoms with Crippen molar-refractivity contribution in [2.24, 2.45) is 7.05 Å². The van der Waals surface area contributed by atoms with Crippen molar-refractivity contribution < 1.29 is 14.3 Å². The van der Waals surface area contributed by atoms with Gasteiger partial charge in [-0.1, -0.05) is 0 Å². The second-order valence-corrected chi connectivity index (χ2v) is 5.17. The van der Waals surface area contributed by atoms with Crippen molar-refractivity contribution in [2.45, 2.75) is 6.54 Å². The first-order chi connectivity index (χ1) is 10.1. The monoisotopic (exact) mass is 353 g/mol. The van der Waals surface area contributed by atoms with Crippen LogP contribution in [0.1, 0.15) is 16.1 Å². The maximum atomic E-state index is 12.3. The first-order valence-electron chi connectivity index (χ1n) is 6.23. The maximum Gasteiger partial charge on any atom is 0.255 e. The largest absolute Gasteiger partial charge is 0.497 e. The minimum atomic E-state index is -0.220. The van der Waals surface area contributed by atoms with E-state index in [4.69, 9.17) is 9.47 Å². The number of aryl methyl sites for hydroxylation is 1. The summed E-state index contributed by atoms with van der Waals surface area (Å²) >= 11 is 3.39. The number of ether oxygens (including phenoxy) is 2. The lowest BCUT2D eigenvalue weighted by atomic mass is 10.1. The zero-order valence-corrected chi connectivity index (χ0v) is 13.6. The van der Waals surface area contributed by atoms with Gasteiger partial charge in [0.2, 0.25) is 0 Å². The van der Waals surface area contributed by atoms with Crippen LogP contribution < -0.4 is 14.8 Å². The minimum absolute atomic E-state index is 0.220. The second kappa shape index (κ2) is 6.62. The van der Waals surface area contributed by atoms with Crippen molar-refractivity contribution in [2.75, 3.05) is 14.2 Å². The van der Waals surface area contributed by atoms with Gasteiger partial charge in [-0.2, -0.15) is 5.10 Å². The molecule has 1 N–H and O–H groups in total. The number of amides is 1. The average Bonchev–Trinajstić information content (AvgIpc) is 2.82. The van der Waals surface area contributed by atoms with Gasteiger partial charge in [-0.15, -0.1) is 0 Å². The standard InChI is InChI=1S/C14H16BrN3O3/c1-18-12(11(15)7-17-18)8-16-14(19)10-5-4-9(20-2)6-13(10)21-3/h4-7H,8H2,1-3H3,(H,16,19). The van der Waals surface area contributed by atoms with Gasteiger partial charge < -0.3 is 14.8 Å². The van der Waals surface area contributed by atoms with Crippen molar-refractivity contribution in [3.05, 3.63) is 40.1 Å². The number of carbonyl (C=O) groups excluding carboxylic acids is 1. The number of nitrogens with one attached hydrogen (secondary N) is 1. The highest BCUT2D eigenvalue weighted by Gasteiger charge is 2.14. The van der Waals surface area contributed by atoms with Gasteiger partial charge in [0.15, 0.2) is 0 Å². The minimum Gasteiger partial charge on any atom is -0.497 e. The van der Waals surface area contributed by atoms with Crippen LogP contribution >= 0.6 is 15.9 Å². The molecule has 1 heterocycles. The molecular formula is C14H16BrN3O3. The molecule has 0 bridgehead atoms. The Bertz CT molecular complexity index is 635. The highest BCUT2D eigenvalue weighted by atomic mass is 79.9. The van der Waals surface area contributed by atoms with Gasteiger partial charge in [-0.25, -0.2) is 0 Å². The fraction of sp³-hybridized carbons (Fsp3) is 0.286. The molecule has 0 spiro atoms. The summed E-state index contributed by atoms with van der Waals surface area (Å²) in [5.74, 6) is 0.885. The van der Waals surface area contributed by atoms with Crippen molar-refractivity contribution in [1.82, 2.24) is 15.1 Å². The van der Waals surface area contributed by atoms with Crippen LogP contribution in [0, 0.1) is 0 Å². The van der Waals surface area contributed by atoms with E-state index in [0.717, 1.165) is 10.2 Å². The Labute approximate surface area is 131 Å². The lowest BCUT2D eigenvalue weighted by molar-refractivity contribution is 0.0947. The number of carbonyl (C=O) groups is 1. The van der Waals surface area contributed by atoms with Gasteiger partial charge in [0.25, 0.3) is 5.91 Å². The fourth-order valence-electron chi connectivity index (χ4n) is 1.88. The molecule has 7 heteroatoms. The van der Waals surface area contributed by atoms with Crippen molar-refractivity contribution >= 4 is 21.8 Å². The van der Waals surface area contributed by atoms with Crippen LogP contribution in [-0.2, 0) is 13.6 Å². The zero-order chi connectivity index (χ0) is 15.4. The topological polar surface area (TPSA) is 65.4 Å². The fourth-order valence-corrected chi connectivity index (χ4v) is 2.37. The molecule has 2 aromatic rings. The molecule has 0 aliphatic heterocycles. The van der Waals surface area contributed by atoms with E-state index in [1.807, 2.05) is 7.05 Å². The van der Waals surface area contributed by atoms with Crippen LogP contribution in [-0.4, -0.2) is 29.9 Å². The van der Waals surface area contributed by atoms with Crippen LogP contribution in [0.2, 0.25) is 0 Å². The normalized spacial score (nSPS) is 10.3. The highest BCUT2D eigenvalue weighted by Crippen LogP contribution is 2.24. The summed E-state index contributed by atoms with van der Waals surface area (Å²) in [6, 6.07) is 5.07. The predicted molar refractivity (Wildman–Crippen MR) is 81.6 cm³/mol. The maximum absolute atomic E-state index is 12.3. The lowest BCUT2D eigenvalue weighted by Gasteiger charge is -2.11. The quantitative estimate of drug-likeness (QED) is 0.894. The summed E-state index contributed by atoms with van der Waals surface area (Å²) in [6.07, 6.45) is 1.69. The van der Waals surface area contributed by atoms with Crippen LogP contribution in [0.5, 0.6) is 11.5 Å². The Kier molecular flexibility index (Phi) is 4.85. The summed E-state index contributed by atoms with van der Waals surface area (Å²) in [6.45, 7) is 0.366. The Hall–Kier alpha value is -2.02. The van der Waals surface area contributed by atoms with E-state index in [2.05, 4.69) is 26.3 Å². The van der Waals surface area contributed by atoms with Crippen molar-refractivity contribution in [3.63, 3.8) is 0 Å². The Balaban J connectivity index is 2.13. The van der Waals surface area contributed by atoms with Gasteiger partial charge in [0.05, 0.1) is 42.7 Å². The molecule has 21 heavy (non-hydrogen) atoms. The van der Waals surface area contributed by atoms with E-state index >= 15 is 0 Å².